The number of nitro groups is 2. The molecule has 0 aromatic heterocycles. The van der Waals surface area contributed by atoms with E-state index in [9.17, 15) is 39.4 Å². The Morgan fingerprint density at radius 1 is 0.625 bits per heavy atom. The number of hydrogen-bond donors (Lipinski definition) is 0. The summed E-state index contributed by atoms with van der Waals surface area (Å²) in [5.41, 5.74) is -0.782. The fourth-order valence-electron chi connectivity index (χ4n) is 2.87. The van der Waals surface area contributed by atoms with Crippen LogP contribution in [0, 0.1) is 43.1 Å². The lowest BCUT2D eigenvalue weighted by Gasteiger charge is -1.97. The lowest BCUT2D eigenvalue weighted by molar-refractivity contribution is -0.385. The van der Waals surface area contributed by atoms with Gasteiger partial charge >= 0.3 is 0 Å². The topological polar surface area (TPSA) is 209 Å². The number of non-ortho nitro benzene ring substituents is 2. The Labute approximate surface area is 176 Å². The number of benzene rings is 2. The number of fused-ring (bicyclic) bond motifs is 2. The molecule has 0 radical (unpaired) electrons. The van der Waals surface area contributed by atoms with Crippen LogP contribution in [0.1, 0.15) is 41.4 Å². The van der Waals surface area contributed by atoms with Gasteiger partial charge in [-0.2, -0.15) is 20.3 Å². The third-order valence-corrected chi connectivity index (χ3v) is 4.36. The fraction of sp³-hybridized carbons (Fsp3) is 0. The third kappa shape index (κ3) is 3.25. The van der Waals surface area contributed by atoms with E-state index in [1.165, 1.54) is 24.5 Å². The Balaban J connectivity index is 0.000000181. The van der Waals surface area contributed by atoms with Gasteiger partial charge in [0, 0.05) is 24.3 Å². The van der Waals surface area contributed by atoms with E-state index in [4.69, 9.17) is 10.5 Å². The van der Waals surface area contributed by atoms with Crippen LogP contribution >= 0.6 is 0 Å². The van der Waals surface area contributed by atoms with Gasteiger partial charge in [0.05, 0.1) is 32.1 Å². The molecule has 14 nitrogen and oxygen atoms in total. The van der Waals surface area contributed by atoms with Crippen molar-refractivity contribution < 1.29 is 29.0 Å². The zero-order valence-electron chi connectivity index (χ0n) is 15.4. The average Bonchev–Trinajstić information content (AvgIpc) is 3.17. The zero-order chi connectivity index (χ0) is 23.7. The second kappa shape index (κ2) is 7.73. The molecule has 0 unspecified atom stereocenters. The normalized spacial score (nSPS) is 13.6. The summed E-state index contributed by atoms with van der Waals surface area (Å²) in [5.74, 6) is -3.16. The summed E-state index contributed by atoms with van der Waals surface area (Å²) in [6.45, 7) is 0. The third-order valence-electron chi connectivity index (χ3n) is 4.36. The van der Waals surface area contributed by atoms with Gasteiger partial charge in [-0.1, -0.05) is 0 Å². The first-order valence-corrected chi connectivity index (χ1v) is 8.26. The van der Waals surface area contributed by atoms with Gasteiger partial charge in [0.25, 0.3) is 35.0 Å². The second-order valence-electron chi connectivity index (χ2n) is 6.07. The first-order chi connectivity index (χ1) is 15.1. The molecule has 4 amide bonds. The Hall–Kier alpha value is -5.50. The van der Waals surface area contributed by atoms with E-state index in [0.717, 1.165) is 24.3 Å². The number of hydrogen-bond acceptors (Lipinski definition) is 10. The van der Waals surface area contributed by atoms with E-state index < -0.39 is 33.5 Å². The number of carbonyl (C=O) groups excluding carboxylic acids is 4. The molecule has 2 aliphatic heterocycles. The zero-order valence-corrected chi connectivity index (χ0v) is 15.4. The molecule has 156 valence electrons. The van der Waals surface area contributed by atoms with Gasteiger partial charge in [-0.15, -0.1) is 0 Å². The van der Waals surface area contributed by atoms with Gasteiger partial charge in [0.1, 0.15) is 0 Å². The van der Waals surface area contributed by atoms with Crippen LogP contribution in [0.25, 0.3) is 0 Å². The molecule has 2 aromatic rings. The van der Waals surface area contributed by atoms with Crippen LogP contribution in [0.15, 0.2) is 36.4 Å². The first kappa shape index (κ1) is 21.2. The maximum absolute atomic E-state index is 11.5. The molecule has 0 aliphatic carbocycles. The number of nitrogens with zero attached hydrogens (tertiary/aromatic N) is 6. The van der Waals surface area contributed by atoms with Crippen molar-refractivity contribution >= 4 is 35.0 Å². The number of imide groups is 2. The van der Waals surface area contributed by atoms with Crippen molar-refractivity contribution in [2.75, 3.05) is 0 Å². The number of amides is 4. The predicted octanol–water partition coefficient (Wildman–Crippen LogP) is 1.34. The van der Waals surface area contributed by atoms with Crippen molar-refractivity contribution in [2.24, 2.45) is 0 Å². The lowest BCUT2D eigenvalue weighted by atomic mass is 10.1. The molecule has 14 heteroatoms. The standard InChI is InChI=1S/2C9H3N3O4/c2*10-4-11-8(13)6-2-1-5(12(15)16)3-7(6)9(11)14/h2*1-3H. The summed E-state index contributed by atoms with van der Waals surface area (Å²) in [7, 11) is 0. The van der Waals surface area contributed by atoms with Crippen molar-refractivity contribution in [3.63, 3.8) is 0 Å². The minimum atomic E-state index is -0.828. The molecule has 0 spiro atoms. The van der Waals surface area contributed by atoms with Crippen LogP contribution in [-0.2, 0) is 0 Å². The fourth-order valence-corrected chi connectivity index (χ4v) is 2.87. The molecular weight excluding hydrogens is 428 g/mol. The highest BCUT2D eigenvalue weighted by Crippen LogP contribution is 2.27. The molecule has 2 heterocycles. The summed E-state index contributed by atoms with van der Waals surface area (Å²) in [6.07, 6.45) is 2.85. The molecule has 2 aliphatic rings. The molecule has 2 aromatic carbocycles. The average molecular weight is 434 g/mol. The molecule has 0 saturated carbocycles. The number of nitriles is 2. The largest absolute Gasteiger partial charge is 0.275 e. The highest BCUT2D eigenvalue weighted by atomic mass is 16.6. The first-order valence-electron chi connectivity index (χ1n) is 8.26. The molecule has 4 rings (SSSR count). The van der Waals surface area contributed by atoms with Crippen molar-refractivity contribution in [3.05, 3.63) is 78.9 Å². The minimum Gasteiger partial charge on any atom is -0.267 e. The summed E-state index contributed by atoms with van der Waals surface area (Å²) in [6, 6.07) is 6.56. The van der Waals surface area contributed by atoms with Crippen LogP contribution in [0.4, 0.5) is 11.4 Å². The van der Waals surface area contributed by atoms with Crippen molar-refractivity contribution in [1.82, 2.24) is 9.80 Å². The monoisotopic (exact) mass is 434 g/mol. The van der Waals surface area contributed by atoms with Gasteiger partial charge in [-0.3, -0.25) is 39.4 Å². The molecule has 0 saturated heterocycles. The van der Waals surface area contributed by atoms with E-state index in [-0.39, 0.29) is 33.6 Å². The van der Waals surface area contributed by atoms with Gasteiger partial charge in [-0.25, -0.2) is 0 Å². The van der Waals surface area contributed by atoms with E-state index >= 15 is 0 Å². The molecule has 0 bridgehead atoms. The molecule has 0 fully saturated rings. The Kier molecular flexibility index (Phi) is 5.12. The SMILES string of the molecule is N#CN1C(=O)c2ccc([N+](=O)[O-])cc2C1=O.N#CN1C(=O)c2ccc([N+](=O)[O-])cc2C1=O. The van der Waals surface area contributed by atoms with Crippen LogP contribution in [0.5, 0.6) is 0 Å². The van der Waals surface area contributed by atoms with Crippen LogP contribution in [-0.4, -0.2) is 43.3 Å². The Morgan fingerprint density at radius 2 is 0.938 bits per heavy atom. The summed E-state index contributed by atoms with van der Waals surface area (Å²) >= 11 is 0. The predicted molar refractivity (Wildman–Crippen MR) is 98.4 cm³/mol. The maximum atomic E-state index is 11.5. The smallest absolute Gasteiger partial charge is 0.267 e. The van der Waals surface area contributed by atoms with Gasteiger partial charge < -0.3 is 0 Å². The molecule has 32 heavy (non-hydrogen) atoms. The van der Waals surface area contributed by atoms with Gasteiger partial charge in [-0.05, 0) is 12.1 Å². The highest BCUT2D eigenvalue weighted by molar-refractivity contribution is 6.23. The summed E-state index contributed by atoms with van der Waals surface area (Å²) in [5, 5.41) is 38.1. The summed E-state index contributed by atoms with van der Waals surface area (Å²) in [4.78, 5) is 66.1. The van der Waals surface area contributed by atoms with Gasteiger partial charge in [0.15, 0.2) is 12.4 Å². The van der Waals surface area contributed by atoms with E-state index in [2.05, 4.69) is 0 Å². The van der Waals surface area contributed by atoms with Crippen LogP contribution in [0.2, 0.25) is 0 Å². The summed E-state index contributed by atoms with van der Waals surface area (Å²) < 4.78 is 0. The molecular formula is C18H6N6O8. The van der Waals surface area contributed by atoms with Crippen LogP contribution in [0.3, 0.4) is 0 Å². The van der Waals surface area contributed by atoms with E-state index in [0.29, 0.717) is 9.80 Å². The minimum absolute atomic E-state index is 0.0113. The Bertz CT molecular complexity index is 1250. The second-order valence-corrected chi connectivity index (χ2v) is 6.07. The van der Waals surface area contributed by atoms with Crippen molar-refractivity contribution in [3.8, 4) is 12.4 Å². The number of nitro benzene ring substituents is 2. The van der Waals surface area contributed by atoms with Crippen molar-refractivity contribution in [1.29, 1.82) is 10.5 Å². The number of rotatable bonds is 2. The highest BCUT2D eigenvalue weighted by Gasteiger charge is 2.38. The quantitative estimate of drug-likeness (QED) is 0.286. The maximum Gasteiger partial charge on any atom is 0.275 e. The van der Waals surface area contributed by atoms with Crippen LogP contribution < -0.4 is 0 Å². The molecule has 0 N–H and O–H groups in total. The van der Waals surface area contributed by atoms with E-state index in [1.54, 1.807) is 0 Å². The van der Waals surface area contributed by atoms with Gasteiger partial charge in [0.2, 0.25) is 0 Å². The molecule has 0 atom stereocenters. The lowest BCUT2D eigenvalue weighted by Crippen LogP contribution is -2.23. The van der Waals surface area contributed by atoms with E-state index in [1.807, 2.05) is 0 Å². The number of carbonyl (C=O) groups is 4. The van der Waals surface area contributed by atoms with Crippen molar-refractivity contribution in [2.45, 2.75) is 0 Å². The Morgan fingerprint density at radius 3 is 1.22 bits per heavy atom.